The zero-order chi connectivity index (χ0) is 17.5. The Morgan fingerprint density at radius 1 is 1.25 bits per heavy atom. The molecule has 0 saturated carbocycles. The first-order valence-corrected chi connectivity index (χ1v) is 8.54. The minimum Gasteiger partial charge on any atom is -0.351 e. The number of carbonyl (C=O) groups excluding carboxylic acids is 1. The molecule has 2 N–H and O–H groups in total. The van der Waals surface area contributed by atoms with Crippen molar-refractivity contribution >= 4 is 33.3 Å². The Labute approximate surface area is 150 Å². The summed E-state index contributed by atoms with van der Waals surface area (Å²) >= 11 is 3.43. The highest BCUT2D eigenvalue weighted by Crippen LogP contribution is 2.19. The summed E-state index contributed by atoms with van der Waals surface area (Å²) in [6.45, 7) is 3.32. The maximum absolute atomic E-state index is 12.3. The van der Waals surface area contributed by atoms with E-state index in [1.54, 1.807) is 13.0 Å². The minimum absolute atomic E-state index is 0.184. The van der Waals surface area contributed by atoms with Crippen molar-refractivity contribution in [2.24, 2.45) is 0 Å². The topological polar surface area (TPSA) is 70.2 Å². The standard InChI is InChI=1S/C17H22BrN5O/c1-12-20-15(17(24)19-8-5-9-23(2)3)11-16(21-12)22-14-7-4-6-13(18)10-14/h4,6-7,10-11H,5,8-9H2,1-3H3,(H,19,24)(H,20,21,22). The fourth-order valence-electron chi connectivity index (χ4n) is 2.15. The second-order valence-corrected chi connectivity index (χ2v) is 6.65. The third-order valence-electron chi connectivity index (χ3n) is 3.24. The molecule has 1 aromatic carbocycles. The highest BCUT2D eigenvalue weighted by molar-refractivity contribution is 9.10. The quantitative estimate of drug-likeness (QED) is 0.709. The number of anilines is 2. The van der Waals surface area contributed by atoms with Crippen LogP contribution in [0.2, 0.25) is 0 Å². The Morgan fingerprint density at radius 2 is 2.04 bits per heavy atom. The lowest BCUT2D eigenvalue weighted by Gasteiger charge is -2.11. The van der Waals surface area contributed by atoms with Gasteiger partial charge in [0.15, 0.2) is 0 Å². The van der Waals surface area contributed by atoms with E-state index in [1.807, 2.05) is 38.4 Å². The summed E-state index contributed by atoms with van der Waals surface area (Å²) < 4.78 is 0.970. The molecular formula is C17H22BrN5O. The number of nitrogens with zero attached hydrogens (tertiary/aromatic N) is 3. The van der Waals surface area contributed by atoms with Gasteiger partial charge in [0, 0.05) is 22.8 Å². The lowest BCUT2D eigenvalue weighted by molar-refractivity contribution is 0.0947. The van der Waals surface area contributed by atoms with E-state index in [0.717, 1.165) is 23.1 Å². The van der Waals surface area contributed by atoms with E-state index in [2.05, 4.69) is 41.4 Å². The molecule has 0 aliphatic rings. The summed E-state index contributed by atoms with van der Waals surface area (Å²) in [6, 6.07) is 9.42. The van der Waals surface area contributed by atoms with Gasteiger partial charge in [0.2, 0.25) is 0 Å². The van der Waals surface area contributed by atoms with Crippen molar-refractivity contribution in [2.45, 2.75) is 13.3 Å². The molecule has 1 heterocycles. The molecule has 128 valence electrons. The minimum atomic E-state index is -0.184. The lowest BCUT2D eigenvalue weighted by Crippen LogP contribution is -2.28. The first kappa shape index (κ1) is 18.4. The first-order chi connectivity index (χ1) is 11.4. The molecule has 0 unspecified atom stereocenters. The third kappa shape index (κ3) is 5.90. The fraction of sp³-hybridized carbons (Fsp3) is 0.353. The number of aryl methyl sites for hydroxylation is 1. The van der Waals surface area contributed by atoms with Crippen LogP contribution in [0.5, 0.6) is 0 Å². The highest BCUT2D eigenvalue weighted by atomic mass is 79.9. The van der Waals surface area contributed by atoms with Crippen molar-refractivity contribution in [1.29, 1.82) is 0 Å². The van der Waals surface area contributed by atoms with Gasteiger partial charge in [0.25, 0.3) is 5.91 Å². The Morgan fingerprint density at radius 3 is 2.75 bits per heavy atom. The molecule has 0 radical (unpaired) electrons. The fourth-order valence-corrected chi connectivity index (χ4v) is 2.55. The van der Waals surface area contributed by atoms with Crippen LogP contribution in [0.15, 0.2) is 34.8 Å². The van der Waals surface area contributed by atoms with Crippen LogP contribution in [0.1, 0.15) is 22.7 Å². The summed E-state index contributed by atoms with van der Waals surface area (Å²) in [7, 11) is 4.02. The SMILES string of the molecule is Cc1nc(Nc2cccc(Br)c2)cc(C(=O)NCCCN(C)C)n1. The smallest absolute Gasteiger partial charge is 0.270 e. The van der Waals surface area contributed by atoms with Gasteiger partial charge < -0.3 is 15.5 Å². The molecule has 0 atom stereocenters. The summed E-state index contributed by atoms with van der Waals surface area (Å²) in [6.07, 6.45) is 0.895. The average Bonchev–Trinajstić information content (AvgIpc) is 2.50. The van der Waals surface area contributed by atoms with Gasteiger partial charge in [0.1, 0.15) is 17.3 Å². The van der Waals surface area contributed by atoms with Gasteiger partial charge in [-0.1, -0.05) is 22.0 Å². The monoisotopic (exact) mass is 391 g/mol. The van der Waals surface area contributed by atoms with Crippen LogP contribution in [-0.4, -0.2) is 48.0 Å². The van der Waals surface area contributed by atoms with E-state index < -0.39 is 0 Å². The zero-order valence-electron chi connectivity index (χ0n) is 14.1. The van der Waals surface area contributed by atoms with Crippen molar-refractivity contribution in [3.05, 3.63) is 46.3 Å². The van der Waals surface area contributed by atoms with Gasteiger partial charge >= 0.3 is 0 Å². The van der Waals surface area contributed by atoms with Crippen LogP contribution < -0.4 is 10.6 Å². The van der Waals surface area contributed by atoms with Gasteiger partial charge in [-0.3, -0.25) is 4.79 Å². The van der Waals surface area contributed by atoms with Crippen LogP contribution >= 0.6 is 15.9 Å². The molecule has 0 aliphatic heterocycles. The molecule has 1 aromatic heterocycles. The molecular weight excluding hydrogens is 370 g/mol. The van der Waals surface area contributed by atoms with Gasteiger partial charge in [-0.25, -0.2) is 9.97 Å². The van der Waals surface area contributed by atoms with Crippen molar-refractivity contribution in [3.63, 3.8) is 0 Å². The molecule has 1 amide bonds. The number of nitrogens with one attached hydrogen (secondary N) is 2. The van der Waals surface area contributed by atoms with Gasteiger partial charge in [0.05, 0.1) is 0 Å². The van der Waals surface area contributed by atoms with Crippen LogP contribution in [-0.2, 0) is 0 Å². The predicted octanol–water partition coefficient (Wildman–Crippen LogP) is 2.97. The number of hydrogen-bond acceptors (Lipinski definition) is 5. The number of carbonyl (C=O) groups is 1. The largest absolute Gasteiger partial charge is 0.351 e. The third-order valence-corrected chi connectivity index (χ3v) is 3.73. The zero-order valence-corrected chi connectivity index (χ0v) is 15.7. The molecule has 0 aliphatic carbocycles. The molecule has 0 fully saturated rings. The Bertz CT molecular complexity index is 705. The maximum atomic E-state index is 12.3. The normalized spacial score (nSPS) is 10.7. The summed E-state index contributed by atoms with van der Waals surface area (Å²) in [5.41, 5.74) is 1.25. The Hall–Kier alpha value is -1.99. The van der Waals surface area contributed by atoms with Crippen LogP contribution in [0.3, 0.4) is 0 Å². The number of rotatable bonds is 7. The number of hydrogen-bond donors (Lipinski definition) is 2. The number of benzene rings is 1. The van der Waals surface area contributed by atoms with Gasteiger partial charge in [-0.2, -0.15) is 0 Å². The van der Waals surface area contributed by atoms with Crippen LogP contribution in [0, 0.1) is 6.92 Å². The van der Waals surface area contributed by atoms with E-state index in [-0.39, 0.29) is 5.91 Å². The van der Waals surface area contributed by atoms with Gasteiger partial charge in [-0.05, 0) is 52.2 Å². The molecule has 0 bridgehead atoms. The summed E-state index contributed by atoms with van der Waals surface area (Å²) in [4.78, 5) is 22.9. The number of amides is 1. The number of halogens is 1. The second kappa shape index (κ2) is 8.75. The van der Waals surface area contributed by atoms with Crippen LogP contribution in [0.25, 0.3) is 0 Å². The molecule has 0 saturated heterocycles. The molecule has 24 heavy (non-hydrogen) atoms. The highest BCUT2D eigenvalue weighted by Gasteiger charge is 2.10. The lowest BCUT2D eigenvalue weighted by atomic mass is 10.3. The summed E-state index contributed by atoms with van der Waals surface area (Å²) in [5.74, 6) is 0.962. The molecule has 2 aromatic rings. The van der Waals surface area contributed by atoms with Crippen LogP contribution in [0.4, 0.5) is 11.5 Å². The molecule has 7 heteroatoms. The van der Waals surface area contributed by atoms with Crippen molar-refractivity contribution < 1.29 is 4.79 Å². The molecule has 6 nitrogen and oxygen atoms in total. The van der Waals surface area contributed by atoms with Gasteiger partial charge in [-0.15, -0.1) is 0 Å². The van der Waals surface area contributed by atoms with Crippen molar-refractivity contribution in [2.75, 3.05) is 32.5 Å². The van der Waals surface area contributed by atoms with E-state index in [1.165, 1.54) is 0 Å². The van der Waals surface area contributed by atoms with E-state index in [0.29, 0.717) is 23.9 Å². The molecule has 0 spiro atoms. The number of aromatic nitrogens is 2. The first-order valence-electron chi connectivity index (χ1n) is 7.75. The predicted molar refractivity (Wildman–Crippen MR) is 99.7 cm³/mol. The Kier molecular flexibility index (Phi) is 6.69. The van der Waals surface area contributed by atoms with E-state index in [9.17, 15) is 4.79 Å². The van der Waals surface area contributed by atoms with E-state index in [4.69, 9.17) is 0 Å². The van der Waals surface area contributed by atoms with Crippen molar-refractivity contribution in [3.8, 4) is 0 Å². The molecule has 2 rings (SSSR count). The van der Waals surface area contributed by atoms with E-state index >= 15 is 0 Å². The maximum Gasteiger partial charge on any atom is 0.270 e. The average molecular weight is 392 g/mol. The second-order valence-electron chi connectivity index (χ2n) is 5.73. The Balaban J connectivity index is 2.03. The summed E-state index contributed by atoms with van der Waals surface area (Å²) in [5, 5.41) is 6.09. The van der Waals surface area contributed by atoms with Crippen molar-refractivity contribution in [1.82, 2.24) is 20.2 Å².